The molecule has 3 rings (SSSR count). The Morgan fingerprint density at radius 3 is 2.00 bits per heavy atom. The molecule has 0 aromatic rings. The van der Waals surface area contributed by atoms with Crippen LogP contribution < -0.4 is 0 Å². The van der Waals surface area contributed by atoms with E-state index in [9.17, 15) is 9.59 Å². The van der Waals surface area contributed by atoms with Gasteiger partial charge in [-0.2, -0.15) is 0 Å². The van der Waals surface area contributed by atoms with Gasteiger partial charge in [-0.05, 0) is 12.8 Å². The summed E-state index contributed by atoms with van der Waals surface area (Å²) in [5.41, 5.74) is 0. The Labute approximate surface area is 68.8 Å². The SMILES string of the molecule is O=C1OC(=O)[C@H]2C[C@H]3O[C@@H]3C[C@H]12. The van der Waals surface area contributed by atoms with Gasteiger partial charge in [-0.3, -0.25) is 9.59 Å². The summed E-state index contributed by atoms with van der Waals surface area (Å²) < 4.78 is 9.79. The fraction of sp³-hybridized carbons (Fsp3) is 0.750. The van der Waals surface area contributed by atoms with E-state index in [4.69, 9.17) is 4.74 Å². The molecule has 4 heteroatoms. The molecular weight excluding hydrogens is 160 g/mol. The maximum Gasteiger partial charge on any atom is 0.317 e. The summed E-state index contributed by atoms with van der Waals surface area (Å²) in [4.78, 5) is 22.2. The van der Waals surface area contributed by atoms with Crippen molar-refractivity contribution in [1.82, 2.24) is 0 Å². The molecule has 4 atom stereocenters. The average Bonchev–Trinajstić information content (AvgIpc) is 2.73. The summed E-state index contributed by atoms with van der Waals surface area (Å²) in [5, 5.41) is 0. The minimum atomic E-state index is -0.348. The van der Waals surface area contributed by atoms with Crippen LogP contribution in [0, 0.1) is 11.8 Å². The summed E-state index contributed by atoms with van der Waals surface area (Å²) in [6, 6.07) is 0. The van der Waals surface area contributed by atoms with Crippen LogP contribution in [0.15, 0.2) is 0 Å². The molecule has 3 aliphatic rings. The summed E-state index contributed by atoms with van der Waals surface area (Å²) in [7, 11) is 0. The third kappa shape index (κ3) is 0.705. The van der Waals surface area contributed by atoms with E-state index < -0.39 is 0 Å². The second kappa shape index (κ2) is 1.88. The van der Waals surface area contributed by atoms with Crippen LogP contribution in [-0.4, -0.2) is 24.1 Å². The van der Waals surface area contributed by atoms with Gasteiger partial charge in [-0.1, -0.05) is 0 Å². The van der Waals surface area contributed by atoms with Crippen molar-refractivity contribution in [2.45, 2.75) is 25.0 Å². The average molecular weight is 168 g/mol. The predicted molar refractivity (Wildman–Crippen MR) is 36.0 cm³/mol. The Hall–Kier alpha value is -0.900. The van der Waals surface area contributed by atoms with Crippen molar-refractivity contribution in [3.05, 3.63) is 0 Å². The van der Waals surface area contributed by atoms with Crippen LogP contribution in [0.1, 0.15) is 12.8 Å². The van der Waals surface area contributed by atoms with Crippen molar-refractivity contribution in [2.24, 2.45) is 11.8 Å². The number of cyclic esters (lactones) is 2. The monoisotopic (exact) mass is 168 g/mol. The lowest BCUT2D eigenvalue weighted by Crippen LogP contribution is -2.26. The van der Waals surface area contributed by atoms with Gasteiger partial charge in [0.05, 0.1) is 24.0 Å². The molecule has 2 saturated heterocycles. The van der Waals surface area contributed by atoms with Crippen molar-refractivity contribution >= 4 is 11.9 Å². The smallest absolute Gasteiger partial charge is 0.317 e. The van der Waals surface area contributed by atoms with Crippen LogP contribution in [-0.2, 0) is 19.1 Å². The lowest BCUT2D eigenvalue weighted by atomic mass is 9.81. The number of hydrogen-bond donors (Lipinski definition) is 0. The zero-order valence-corrected chi connectivity index (χ0v) is 6.36. The van der Waals surface area contributed by atoms with E-state index in [1.165, 1.54) is 0 Å². The first-order valence-electron chi connectivity index (χ1n) is 4.16. The van der Waals surface area contributed by atoms with E-state index in [0.717, 1.165) is 0 Å². The maximum atomic E-state index is 11.1. The molecule has 1 saturated carbocycles. The van der Waals surface area contributed by atoms with Gasteiger partial charge in [-0.25, -0.2) is 0 Å². The van der Waals surface area contributed by atoms with E-state index in [-0.39, 0.29) is 36.0 Å². The highest BCUT2D eigenvalue weighted by Gasteiger charge is 2.57. The normalized spacial score (nSPS) is 49.7. The van der Waals surface area contributed by atoms with Gasteiger partial charge in [0.1, 0.15) is 0 Å². The fourth-order valence-corrected chi connectivity index (χ4v) is 2.19. The lowest BCUT2D eigenvalue weighted by molar-refractivity contribution is -0.153. The van der Waals surface area contributed by atoms with E-state index in [0.29, 0.717) is 12.8 Å². The quantitative estimate of drug-likeness (QED) is 0.287. The number of carbonyl (C=O) groups is 2. The molecule has 0 bridgehead atoms. The molecule has 2 aliphatic heterocycles. The Morgan fingerprint density at radius 2 is 1.50 bits per heavy atom. The standard InChI is InChI=1S/C8H8O4/c9-7-3-1-5-6(11-5)2-4(3)8(10)12-7/h3-6H,1-2H2/t3-,4-,5+,6+/m0/s1. The minimum absolute atomic E-state index is 0.207. The van der Waals surface area contributed by atoms with Gasteiger partial charge in [0.15, 0.2) is 0 Å². The number of fused-ring (bicyclic) bond motifs is 2. The Bertz CT molecular complexity index is 246. The largest absolute Gasteiger partial charge is 0.393 e. The lowest BCUT2D eigenvalue weighted by Gasteiger charge is -2.14. The highest BCUT2D eigenvalue weighted by Crippen LogP contribution is 2.46. The topological polar surface area (TPSA) is 55.9 Å². The second-order valence-electron chi connectivity index (χ2n) is 3.64. The van der Waals surface area contributed by atoms with Crippen molar-refractivity contribution in [1.29, 1.82) is 0 Å². The Morgan fingerprint density at radius 1 is 1.00 bits per heavy atom. The van der Waals surface area contributed by atoms with E-state index in [1.807, 2.05) is 0 Å². The molecule has 2 heterocycles. The van der Waals surface area contributed by atoms with Crippen molar-refractivity contribution in [3.63, 3.8) is 0 Å². The first-order valence-corrected chi connectivity index (χ1v) is 4.16. The third-order valence-corrected chi connectivity index (χ3v) is 2.95. The van der Waals surface area contributed by atoms with Crippen LogP contribution in [0.4, 0.5) is 0 Å². The number of epoxide rings is 1. The molecule has 3 fully saturated rings. The number of hydrogen-bond acceptors (Lipinski definition) is 4. The molecule has 0 unspecified atom stereocenters. The summed E-state index contributed by atoms with van der Waals surface area (Å²) >= 11 is 0. The summed E-state index contributed by atoms with van der Waals surface area (Å²) in [5.74, 6) is -1.11. The summed E-state index contributed by atoms with van der Waals surface area (Å²) in [6.07, 6.45) is 1.81. The zero-order chi connectivity index (χ0) is 8.29. The van der Waals surface area contributed by atoms with E-state index >= 15 is 0 Å². The number of rotatable bonds is 0. The molecule has 0 N–H and O–H groups in total. The Kier molecular flexibility index (Phi) is 1.03. The van der Waals surface area contributed by atoms with Crippen molar-refractivity contribution < 1.29 is 19.1 Å². The second-order valence-corrected chi connectivity index (χ2v) is 3.64. The molecule has 0 radical (unpaired) electrons. The third-order valence-electron chi connectivity index (χ3n) is 2.95. The molecule has 0 spiro atoms. The zero-order valence-electron chi connectivity index (χ0n) is 6.36. The van der Waals surface area contributed by atoms with Gasteiger partial charge in [0.2, 0.25) is 0 Å². The van der Waals surface area contributed by atoms with Crippen molar-refractivity contribution in [3.8, 4) is 0 Å². The Balaban J connectivity index is 1.90. The summed E-state index contributed by atoms with van der Waals surface area (Å²) in [6.45, 7) is 0. The van der Waals surface area contributed by atoms with Gasteiger partial charge in [0, 0.05) is 0 Å². The molecule has 0 aromatic heterocycles. The maximum absolute atomic E-state index is 11.1. The molecule has 0 aromatic carbocycles. The highest BCUT2D eigenvalue weighted by molar-refractivity contribution is 5.96. The van der Waals surface area contributed by atoms with Gasteiger partial charge in [0.25, 0.3) is 0 Å². The van der Waals surface area contributed by atoms with E-state index in [2.05, 4.69) is 4.74 Å². The van der Waals surface area contributed by atoms with Crippen LogP contribution >= 0.6 is 0 Å². The molecule has 0 amide bonds. The van der Waals surface area contributed by atoms with Crippen LogP contribution in [0.2, 0.25) is 0 Å². The molecular formula is C8H8O4. The molecule has 12 heavy (non-hydrogen) atoms. The number of esters is 2. The first kappa shape index (κ1) is 6.60. The van der Waals surface area contributed by atoms with Gasteiger partial charge < -0.3 is 9.47 Å². The first-order chi connectivity index (χ1) is 5.75. The predicted octanol–water partition coefficient (Wildman–Crippen LogP) is -0.137. The fourth-order valence-electron chi connectivity index (χ4n) is 2.19. The van der Waals surface area contributed by atoms with E-state index in [1.54, 1.807) is 0 Å². The van der Waals surface area contributed by atoms with Gasteiger partial charge in [-0.15, -0.1) is 0 Å². The van der Waals surface area contributed by atoms with Crippen LogP contribution in [0.5, 0.6) is 0 Å². The van der Waals surface area contributed by atoms with Crippen LogP contribution in [0.3, 0.4) is 0 Å². The minimum Gasteiger partial charge on any atom is -0.393 e. The molecule has 1 aliphatic carbocycles. The highest BCUT2D eigenvalue weighted by atomic mass is 16.6. The van der Waals surface area contributed by atoms with Gasteiger partial charge >= 0.3 is 11.9 Å². The van der Waals surface area contributed by atoms with Crippen molar-refractivity contribution in [2.75, 3.05) is 0 Å². The number of ether oxygens (including phenoxy) is 2. The molecule has 64 valence electrons. The van der Waals surface area contributed by atoms with Crippen LogP contribution in [0.25, 0.3) is 0 Å². The molecule has 4 nitrogen and oxygen atoms in total. The number of carbonyl (C=O) groups excluding carboxylic acids is 2.